The second-order valence-corrected chi connectivity index (χ2v) is 11.3. The summed E-state index contributed by atoms with van der Waals surface area (Å²) in [6.07, 6.45) is 0. The number of hydrogen-bond donors (Lipinski definition) is 0. The van der Waals surface area contributed by atoms with Crippen molar-refractivity contribution in [2.75, 3.05) is 0 Å². The van der Waals surface area contributed by atoms with Gasteiger partial charge in [-0.2, -0.15) is 0 Å². The molecule has 4 aliphatic rings. The van der Waals surface area contributed by atoms with Crippen molar-refractivity contribution in [3.63, 3.8) is 0 Å². The highest BCUT2D eigenvalue weighted by atomic mass is 16.5. The van der Waals surface area contributed by atoms with Gasteiger partial charge in [-0.15, -0.1) is 0 Å². The van der Waals surface area contributed by atoms with Gasteiger partial charge in [0.15, 0.2) is 11.5 Å². The zero-order valence-corrected chi connectivity index (χ0v) is 23.7. The lowest BCUT2D eigenvalue weighted by atomic mass is 10.0. The molecule has 4 bridgehead atoms. The van der Waals surface area contributed by atoms with Gasteiger partial charge < -0.3 is 18.9 Å². The lowest BCUT2D eigenvalue weighted by Gasteiger charge is -2.20. The van der Waals surface area contributed by atoms with Crippen LogP contribution in [-0.4, -0.2) is 0 Å². The summed E-state index contributed by atoms with van der Waals surface area (Å²) in [6.45, 7) is 0.846. The van der Waals surface area contributed by atoms with Crippen molar-refractivity contribution in [3.8, 4) is 56.8 Å². The van der Waals surface area contributed by atoms with Crippen molar-refractivity contribution in [1.82, 2.24) is 0 Å². The van der Waals surface area contributed by atoms with Gasteiger partial charge in [-0.3, -0.25) is 0 Å². The van der Waals surface area contributed by atoms with Crippen molar-refractivity contribution in [2.24, 2.45) is 0 Å². The van der Waals surface area contributed by atoms with E-state index < -0.39 is 0 Å². The molecule has 0 unspecified atom stereocenters. The molecule has 0 N–H and O–H groups in total. The molecule has 0 saturated heterocycles. The van der Waals surface area contributed by atoms with Gasteiger partial charge in [-0.25, -0.2) is 0 Å². The Kier molecular flexibility index (Phi) is 5.60. The molecule has 4 aliphatic heterocycles. The number of fused-ring (bicyclic) bond motifs is 6. The summed E-state index contributed by atoms with van der Waals surface area (Å²) >= 11 is 0. The molecule has 210 valence electrons. The molecule has 44 heavy (non-hydrogen) atoms. The van der Waals surface area contributed by atoms with Gasteiger partial charge in [0.1, 0.15) is 36.2 Å². The minimum Gasteiger partial charge on any atom is -0.485 e. The summed E-state index contributed by atoms with van der Waals surface area (Å²) in [5.74, 6) is 5.17. The molecule has 0 saturated carbocycles. The zero-order chi connectivity index (χ0) is 29.0. The van der Waals surface area contributed by atoms with Gasteiger partial charge in [0.2, 0.25) is 0 Å². The number of ether oxygens (including phenoxy) is 4. The summed E-state index contributed by atoms with van der Waals surface area (Å²) in [4.78, 5) is 0. The summed E-state index contributed by atoms with van der Waals surface area (Å²) in [5, 5.41) is 4.50. The van der Waals surface area contributed by atoms with Gasteiger partial charge in [-0.1, -0.05) is 78.9 Å². The smallest absolute Gasteiger partial charge is 0.169 e. The Hall–Kier alpha value is -5.74. The van der Waals surface area contributed by atoms with E-state index in [1.807, 2.05) is 18.2 Å². The van der Waals surface area contributed by atoms with Crippen LogP contribution in [0, 0.1) is 0 Å². The van der Waals surface area contributed by atoms with Gasteiger partial charge in [-0.05, 0) is 80.9 Å². The van der Waals surface area contributed by atoms with E-state index in [4.69, 9.17) is 18.9 Å². The third-order valence-electron chi connectivity index (χ3n) is 8.47. The molecule has 0 fully saturated rings. The zero-order valence-electron chi connectivity index (χ0n) is 23.7. The topological polar surface area (TPSA) is 36.9 Å². The molecule has 4 nitrogen and oxygen atoms in total. The molecular formula is C40H26O4. The van der Waals surface area contributed by atoms with Gasteiger partial charge in [0.25, 0.3) is 0 Å². The van der Waals surface area contributed by atoms with Crippen LogP contribution in [0.3, 0.4) is 0 Å². The van der Waals surface area contributed by atoms with E-state index >= 15 is 0 Å². The quantitative estimate of drug-likeness (QED) is 0.170. The SMILES string of the molecule is c1ccc2cc3c(OCc4ccc(-c5ccc6cc5O6)cc4)c(OCc4ccc(-c5ccc6cc5O6)cc4)ccc3cc2c1. The molecule has 4 heterocycles. The first-order valence-electron chi connectivity index (χ1n) is 14.8. The van der Waals surface area contributed by atoms with Crippen LogP contribution in [0.15, 0.2) is 133 Å². The third-order valence-corrected chi connectivity index (χ3v) is 8.47. The van der Waals surface area contributed by atoms with Crippen molar-refractivity contribution < 1.29 is 18.9 Å². The Bertz CT molecular complexity index is 2210. The minimum absolute atomic E-state index is 0.419. The van der Waals surface area contributed by atoms with Crippen LogP contribution in [-0.2, 0) is 13.2 Å². The highest BCUT2D eigenvalue weighted by Gasteiger charge is 2.18. The van der Waals surface area contributed by atoms with Crippen LogP contribution in [0.4, 0.5) is 0 Å². The van der Waals surface area contributed by atoms with E-state index in [0.29, 0.717) is 13.2 Å². The normalized spacial score (nSPS) is 12.2. The van der Waals surface area contributed by atoms with E-state index in [-0.39, 0.29) is 0 Å². The molecule has 0 aliphatic carbocycles. The van der Waals surface area contributed by atoms with Crippen LogP contribution in [0.1, 0.15) is 11.1 Å². The van der Waals surface area contributed by atoms with Crippen LogP contribution >= 0.6 is 0 Å². The van der Waals surface area contributed by atoms with Gasteiger partial charge in [0.05, 0.1) is 0 Å². The fraction of sp³-hybridized carbons (Fsp3) is 0.0500. The Labute approximate surface area is 254 Å². The van der Waals surface area contributed by atoms with Crippen molar-refractivity contribution >= 4 is 21.5 Å². The lowest BCUT2D eigenvalue weighted by Crippen LogP contribution is -2.02. The molecule has 7 aromatic rings. The summed E-state index contributed by atoms with van der Waals surface area (Å²) in [6, 6.07) is 46.2. The maximum atomic E-state index is 6.58. The predicted molar refractivity (Wildman–Crippen MR) is 174 cm³/mol. The first-order chi connectivity index (χ1) is 21.7. The van der Waals surface area contributed by atoms with Crippen molar-refractivity contribution in [1.29, 1.82) is 0 Å². The van der Waals surface area contributed by atoms with Crippen LogP contribution in [0.2, 0.25) is 0 Å². The standard InChI is InChI=1S/C40H26O4/c1-2-4-30-20-36-31(19-29(30)3-1)13-18-37(41-23-25-5-9-27(10-6-25)34-16-14-32-21-38(34)43-32)40(36)42-24-26-7-11-28(12-8-26)35-17-15-33-22-39(35)44-33/h1-22H,23-24H2. The summed E-state index contributed by atoms with van der Waals surface area (Å²) in [5.41, 5.74) is 6.61. The first-order valence-corrected chi connectivity index (χ1v) is 14.8. The second-order valence-electron chi connectivity index (χ2n) is 11.3. The van der Waals surface area contributed by atoms with Crippen LogP contribution < -0.4 is 18.9 Å². The number of benzene rings is 7. The number of rotatable bonds is 8. The molecule has 4 heteroatoms. The van der Waals surface area contributed by atoms with E-state index in [1.54, 1.807) is 0 Å². The first kappa shape index (κ1) is 24.8. The number of hydrogen-bond acceptors (Lipinski definition) is 4. The maximum Gasteiger partial charge on any atom is 0.169 e. The Morgan fingerprint density at radius 3 is 1.55 bits per heavy atom. The Balaban J connectivity index is 0.996. The third kappa shape index (κ3) is 4.31. The second kappa shape index (κ2) is 9.92. The molecule has 7 aromatic carbocycles. The minimum atomic E-state index is 0.419. The average Bonchev–Trinajstić information content (AvgIpc) is 3.05. The highest BCUT2D eigenvalue weighted by molar-refractivity contribution is 6.02. The Morgan fingerprint density at radius 2 is 1.00 bits per heavy atom. The lowest BCUT2D eigenvalue weighted by molar-refractivity contribution is 0.259. The molecule has 0 atom stereocenters. The van der Waals surface area contributed by atoms with Crippen molar-refractivity contribution in [2.45, 2.75) is 13.2 Å². The van der Waals surface area contributed by atoms with E-state index in [2.05, 4.69) is 115 Å². The van der Waals surface area contributed by atoms with Gasteiger partial charge >= 0.3 is 0 Å². The van der Waals surface area contributed by atoms with Gasteiger partial charge in [0, 0.05) is 28.6 Å². The molecule has 0 amide bonds. The van der Waals surface area contributed by atoms with E-state index in [1.165, 1.54) is 5.39 Å². The molecule has 11 rings (SSSR count). The fourth-order valence-corrected chi connectivity index (χ4v) is 6.02. The predicted octanol–water partition coefficient (Wildman–Crippen LogP) is 10.7. The highest BCUT2D eigenvalue weighted by Crippen LogP contribution is 2.44. The fourth-order valence-electron chi connectivity index (χ4n) is 6.02. The summed E-state index contributed by atoms with van der Waals surface area (Å²) < 4.78 is 24.3. The maximum absolute atomic E-state index is 6.58. The largest absolute Gasteiger partial charge is 0.485 e. The average molecular weight is 571 g/mol. The summed E-state index contributed by atoms with van der Waals surface area (Å²) in [7, 11) is 0. The molecule has 0 aromatic heterocycles. The molecular weight excluding hydrogens is 544 g/mol. The molecule has 0 spiro atoms. The van der Waals surface area contributed by atoms with Crippen LogP contribution in [0.5, 0.6) is 34.5 Å². The molecule has 0 radical (unpaired) electrons. The van der Waals surface area contributed by atoms with E-state index in [0.717, 1.165) is 84.0 Å². The van der Waals surface area contributed by atoms with Crippen molar-refractivity contribution in [3.05, 3.63) is 145 Å². The Morgan fingerprint density at radius 1 is 0.455 bits per heavy atom. The van der Waals surface area contributed by atoms with Crippen LogP contribution in [0.25, 0.3) is 43.8 Å². The van der Waals surface area contributed by atoms with E-state index in [9.17, 15) is 0 Å². The monoisotopic (exact) mass is 570 g/mol.